The number of rotatable bonds is 9. The smallest absolute Gasteiger partial charge is 0.550 e. The largest absolute Gasteiger partial charge is 3.00 e. The molecule has 6 N–H and O–H groups in total. The number of hydrogen-bond acceptors (Lipinski definition) is 15. The molecule has 0 aliphatic rings. The van der Waals surface area contributed by atoms with Crippen LogP contribution >= 0.6 is 0 Å². The van der Waals surface area contributed by atoms with Gasteiger partial charge in [0.25, 0.3) is 0 Å². The Morgan fingerprint density at radius 2 is 0.621 bits per heavy atom. The second-order valence-electron chi connectivity index (χ2n) is 4.50. The molecule has 0 aromatic heterocycles. The van der Waals surface area contributed by atoms with Crippen molar-refractivity contribution in [2.75, 3.05) is 0 Å². The molecule has 0 unspecified atom stereocenters. The molecule has 3 atom stereocenters. The Labute approximate surface area is 230 Å². The summed E-state index contributed by atoms with van der Waals surface area (Å²) in [5.41, 5.74) is 14.2. The van der Waals surface area contributed by atoms with Crippen LogP contribution < -0.4 is 47.8 Å². The Kier molecular flexibility index (Phi) is 29.8. The summed E-state index contributed by atoms with van der Waals surface area (Å²) in [6, 6.07) is -4.39. The Morgan fingerprint density at radius 3 is 0.655 bits per heavy atom. The van der Waals surface area contributed by atoms with Gasteiger partial charge >= 0.3 is 83.5 Å². The average molecular weight is 673 g/mol. The molecule has 0 amide bonds. The van der Waals surface area contributed by atoms with Crippen LogP contribution in [0.4, 0.5) is 0 Å². The van der Waals surface area contributed by atoms with Crippen LogP contribution in [-0.2, 0) is 28.8 Å². The van der Waals surface area contributed by atoms with Crippen LogP contribution in [0.2, 0.25) is 0 Å². The monoisotopic (exact) mass is 673 g/mol. The molecule has 2 radical (unpaired) electrons. The van der Waals surface area contributed by atoms with E-state index >= 15 is 0 Å². The van der Waals surface area contributed by atoms with Gasteiger partial charge in [0, 0.05) is 55.3 Å². The summed E-state index contributed by atoms with van der Waals surface area (Å²) in [4.78, 5) is 58.0. The van der Waals surface area contributed by atoms with Gasteiger partial charge < -0.3 is 76.6 Å². The van der Waals surface area contributed by atoms with Gasteiger partial charge in [-0.2, -0.15) is 0 Å². The third-order valence-corrected chi connectivity index (χ3v) is 2.07. The van der Waals surface area contributed by atoms with Gasteiger partial charge in [-0.05, 0) is 0 Å². The SMILES string of the molecule is N[C@@H](CC(=O)[O-])C(=O)[O-].N[C@@H](CC(=O)[O-])C(=O)[O-].N[C@@H](CC(=O)[O-])C(=O)[O-].[Ce+3].[Ce+3]. The van der Waals surface area contributed by atoms with Crippen LogP contribution in [0.5, 0.6) is 0 Å². The molecular formula is C12H15Ce2N3O12. The van der Waals surface area contributed by atoms with Gasteiger partial charge in [-0.1, -0.05) is 0 Å². The zero-order chi connectivity index (χ0) is 22.3. The van der Waals surface area contributed by atoms with Gasteiger partial charge in [-0.15, -0.1) is 0 Å². The summed E-state index contributed by atoms with van der Waals surface area (Å²) < 4.78 is 0. The first-order valence-electron chi connectivity index (χ1n) is 6.60. The molecule has 0 saturated heterocycles. The van der Waals surface area contributed by atoms with Crippen molar-refractivity contribution in [3.8, 4) is 0 Å². The number of carbonyl (C=O) groups is 6. The van der Waals surface area contributed by atoms with Crippen molar-refractivity contribution in [3.05, 3.63) is 0 Å². The van der Waals surface area contributed by atoms with E-state index < -0.39 is 73.2 Å². The summed E-state index contributed by atoms with van der Waals surface area (Å²) >= 11 is 0. The molecule has 0 spiro atoms. The maximum Gasteiger partial charge on any atom is 3.00 e. The second-order valence-corrected chi connectivity index (χ2v) is 4.50. The van der Waals surface area contributed by atoms with Crippen LogP contribution in [0.1, 0.15) is 19.3 Å². The summed E-state index contributed by atoms with van der Waals surface area (Å²) in [6.07, 6.45) is -2.12. The van der Waals surface area contributed by atoms with Crippen LogP contribution in [0.3, 0.4) is 0 Å². The first-order chi connectivity index (χ1) is 12.1. The molecule has 0 fully saturated rings. The van der Waals surface area contributed by atoms with Crippen molar-refractivity contribution < 1.29 is 143 Å². The maximum absolute atomic E-state index is 9.71. The quantitative estimate of drug-likeness (QED) is 0.205. The van der Waals surface area contributed by atoms with Gasteiger partial charge in [0.1, 0.15) is 0 Å². The van der Waals surface area contributed by atoms with Crippen LogP contribution in [0, 0.1) is 83.5 Å². The van der Waals surface area contributed by atoms with Gasteiger partial charge in [-0.3, -0.25) is 0 Å². The van der Waals surface area contributed by atoms with Crippen LogP contribution in [0.15, 0.2) is 0 Å². The van der Waals surface area contributed by atoms with E-state index in [4.69, 9.17) is 17.2 Å². The average Bonchev–Trinajstić information content (AvgIpc) is 2.46. The topological polar surface area (TPSA) is 319 Å². The standard InChI is InChI=1S/3C4H7NO4.2Ce/c3*5-2(4(8)9)1-3(6)7;;/h3*2H,1,5H2,(H,6,7)(H,8,9);;/q;;;2*+3/p-6/t3*2-;;/m000../s1. The first kappa shape index (κ1) is 39.0. The molecule has 0 heterocycles. The van der Waals surface area contributed by atoms with Crippen molar-refractivity contribution >= 4 is 35.8 Å². The summed E-state index contributed by atoms with van der Waals surface area (Å²) in [5.74, 6) is -9.23. The van der Waals surface area contributed by atoms with Crippen LogP contribution in [0.25, 0.3) is 0 Å². The van der Waals surface area contributed by atoms with E-state index in [0.717, 1.165) is 0 Å². The molecule has 29 heavy (non-hydrogen) atoms. The number of carboxylic acids is 6. The van der Waals surface area contributed by atoms with Crippen molar-refractivity contribution in [2.24, 2.45) is 17.2 Å². The first-order valence-corrected chi connectivity index (χ1v) is 6.60. The van der Waals surface area contributed by atoms with E-state index in [9.17, 15) is 59.4 Å². The minimum Gasteiger partial charge on any atom is -0.550 e. The fourth-order valence-corrected chi connectivity index (χ4v) is 0.789. The van der Waals surface area contributed by atoms with Gasteiger partial charge in [0.15, 0.2) is 0 Å². The Morgan fingerprint density at radius 1 is 0.483 bits per heavy atom. The summed E-state index contributed by atoms with van der Waals surface area (Å²) in [7, 11) is 0. The van der Waals surface area contributed by atoms with Gasteiger partial charge in [0.2, 0.25) is 0 Å². The predicted octanol–water partition coefficient (Wildman–Crippen LogP) is -11.4. The van der Waals surface area contributed by atoms with E-state index in [-0.39, 0.29) is 83.5 Å². The molecule has 0 bridgehead atoms. The fraction of sp³-hybridized carbons (Fsp3) is 0.500. The van der Waals surface area contributed by atoms with E-state index in [1.54, 1.807) is 0 Å². The Hall–Kier alpha value is -0.547. The normalized spacial score (nSPS) is 11.7. The molecule has 0 aromatic rings. The van der Waals surface area contributed by atoms with Crippen molar-refractivity contribution in [2.45, 2.75) is 37.4 Å². The molecule has 17 heteroatoms. The molecule has 158 valence electrons. The molecular weight excluding hydrogens is 658 g/mol. The molecule has 0 rings (SSSR count). The van der Waals surface area contributed by atoms with Crippen molar-refractivity contribution in [1.29, 1.82) is 0 Å². The third kappa shape index (κ3) is 32.3. The Bertz CT molecular complexity index is 484. The van der Waals surface area contributed by atoms with Crippen LogP contribution in [-0.4, -0.2) is 53.9 Å². The minimum atomic E-state index is -1.58. The number of nitrogens with two attached hydrogens (primary N) is 3. The number of carbonyl (C=O) groups excluding carboxylic acids is 6. The molecule has 0 aromatic carbocycles. The minimum absolute atomic E-state index is 0. The van der Waals surface area contributed by atoms with E-state index in [2.05, 4.69) is 0 Å². The predicted molar refractivity (Wildman–Crippen MR) is 67.8 cm³/mol. The molecule has 0 aliphatic heterocycles. The summed E-state index contributed by atoms with van der Waals surface area (Å²) in [5, 5.41) is 58.0. The summed E-state index contributed by atoms with van der Waals surface area (Å²) in [6.45, 7) is 0. The van der Waals surface area contributed by atoms with E-state index in [0.29, 0.717) is 0 Å². The van der Waals surface area contributed by atoms with Crippen molar-refractivity contribution in [1.82, 2.24) is 0 Å². The fourth-order valence-electron chi connectivity index (χ4n) is 0.789. The van der Waals surface area contributed by atoms with E-state index in [1.165, 1.54) is 0 Å². The van der Waals surface area contributed by atoms with Crippen molar-refractivity contribution in [3.63, 3.8) is 0 Å². The number of carboxylic acid groups (broad SMARTS) is 6. The molecule has 0 saturated carbocycles. The number of aliphatic carboxylic acids is 6. The second kappa shape index (κ2) is 22.1. The number of hydrogen-bond donors (Lipinski definition) is 3. The molecule has 0 aliphatic carbocycles. The maximum atomic E-state index is 9.71. The van der Waals surface area contributed by atoms with Gasteiger partial charge in [0.05, 0.1) is 17.9 Å². The zero-order valence-corrected chi connectivity index (χ0v) is 20.8. The Balaban J connectivity index is -0.0000000960. The zero-order valence-electron chi connectivity index (χ0n) is 14.5. The molecule has 15 nitrogen and oxygen atoms in total. The third-order valence-electron chi connectivity index (χ3n) is 2.07. The van der Waals surface area contributed by atoms with Gasteiger partial charge in [-0.25, -0.2) is 0 Å². The van der Waals surface area contributed by atoms with E-state index in [1.807, 2.05) is 0 Å².